The fraction of sp³-hybridized carbons (Fsp3) is 0. The minimum atomic E-state index is 1.10. The number of hydrogen-bond donors (Lipinski definition) is 1. The molecule has 0 unspecified atom stereocenters. The highest BCUT2D eigenvalue weighted by Gasteiger charge is 2.07. The van der Waals surface area contributed by atoms with Crippen molar-refractivity contribution in [3.63, 3.8) is 0 Å². The second kappa shape index (κ2) is 6.32. The molecule has 1 aromatic heterocycles. The Morgan fingerprint density at radius 3 is 2.15 bits per heavy atom. The first-order chi connectivity index (χ1) is 12.9. The molecular formula is C24H17NS. The van der Waals surface area contributed by atoms with E-state index < -0.39 is 0 Å². The summed E-state index contributed by atoms with van der Waals surface area (Å²) in [6.07, 6.45) is 0. The molecule has 0 atom stereocenters. The van der Waals surface area contributed by atoms with Crippen LogP contribution < -0.4 is 5.32 Å². The molecule has 5 aromatic rings. The van der Waals surface area contributed by atoms with Crippen LogP contribution in [0.15, 0.2) is 97.1 Å². The van der Waals surface area contributed by atoms with Crippen LogP contribution in [0.2, 0.25) is 0 Å². The lowest BCUT2D eigenvalue weighted by atomic mass is 10.0. The molecule has 0 amide bonds. The van der Waals surface area contributed by atoms with E-state index in [1.807, 2.05) is 29.5 Å². The molecule has 0 aliphatic heterocycles. The average Bonchev–Trinajstić information content (AvgIpc) is 3.07. The SMILES string of the molecule is c1ccc(Nc2cccc(-c3ccc4c(c3)sc3ccccc34)c2)cc1. The fourth-order valence-corrected chi connectivity index (χ4v) is 4.52. The van der Waals surface area contributed by atoms with Gasteiger partial charge in [-0.2, -0.15) is 0 Å². The Balaban J connectivity index is 1.55. The second-order valence-corrected chi connectivity index (χ2v) is 7.46. The molecule has 5 rings (SSSR count). The lowest BCUT2D eigenvalue weighted by molar-refractivity contribution is 1.54. The Kier molecular flexibility index (Phi) is 3.69. The molecule has 1 nitrogen and oxygen atoms in total. The molecule has 1 heterocycles. The van der Waals surface area contributed by atoms with Crippen molar-refractivity contribution in [1.82, 2.24) is 0 Å². The summed E-state index contributed by atoms with van der Waals surface area (Å²) in [5.41, 5.74) is 4.68. The third-order valence-electron chi connectivity index (χ3n) is 4.64. The summed E-state index contributed by atoms with van der Waals surface area (Å²) in [6, 6.07) is 34.3. The van der Waals surface area contributed by atoms with Gasteiger partial charge in [0.15, 0.2) is 0 Å². The van der Waals surface area contributed by atoms with E-state index in [1.165, 1.54) is 31.3 Å². The average molecular weight is 351 g/mol. The maximum Gasteiger partial charge on any atom is 0.0390 e. The second-order valence-electron chi connectivity index (χ2n) is 6.38. The van der Waals surface area contributed by atoms with Gasteiger partial charge in [0.25, 0.3) is 0 Å². The van der Waals surface area contributed by atoms with E-state index in [1.54, 1.807) is 0 Å². The van der Waals surface area contributed by atoms with Crippen LogP contribution in [0.25, 0.3) is 31.3 Å². The summed E-state index contributed by atoms with van der Waals surface area (Å²) < 4.78 is 2.68. The molecular weight excluding hydrogens is 334 g/mol. The molecule has 0 radical (unpaired) electrons. The summed E-state index contributed by atoms with van der Waals surface area (Å²) in [5.74, 6) is 0. The number of anilines is 2. The third-order valence-corrected chi connectivity index (χ3v) is 5.77. The Bertz CT molecular complexity index is 1200. The van der Waals surface area contributed by atoms with Crippen LogP contribution in [-0.4, -0.2) is 0 Å². The summed E-state index contributed by atoms with van der Waals surface area (Å²) in [4.78, 5) is 0. The maximum absolute atomic E-state index is 3.48. The number of rotatable bonds is 3. The van der Waals surface area contributed by atoms with Gasteiger partial charge in [0.2, 0.25) is 0 Å². The van der Waals surface area contributed by atoms with Crippen molar-refractivity contribution >= 4 is 42.9 Å². The highest BCUT2D eigenvalue weighted by atomic mass is 32.1. The minimum Gasteiger partial charge on any atom is -0.356 e. The van der Waals surface area contributed by atoms with E-state index >= 15 is 0 Å². The predicted octanol–water partition coefficient (Wildman–Crippen LogP) is 7.47. The van der Waals surface area contributed by atoms with Gasteiger partial charge in [0.05, 0.1) is 0 Å². The van der Waals surface area contributed by atoms with Crippen molar-refractivity contribution < 1.29 is 0 Å². The van der Waals surface area contributed by atoms with Crippen molar-refractivity contribution in [2.75, 3.05) is 5.32 Å². The van der Waals surface area contributed by atoms with Crippen molar-refractivity contribution in [2.24, 2.45) is 0 Å². The van der Waals surface area contributed by atoms with E-state index in [0.29, 0.717) is 0 Å². The molecule has 0 aliphatic rings. The molecule has 0 saturated carbocycles. The Labute approximate surface area is 156 Å². The molecule has 0 bridgehead atoms. The maximum atomic E-state index is 3.48. The molecule has 124 valence electrons. The zero-order valence-corrected chi connectivity index (χ0v) is 15.0. The van der Waals surface area contributed by atoms with Crippen LogP contribution >= 0.6 is 11.3 Å². The van der Waals surface area contributed by atoms with Crippen LogP contribution in [0.4, 0.5) is 11.4 Å². The van der Waals surface area contributed by atoms with Gasteiger partial charge >= 0.3 is 0 Å². The number of benzene rings is 4. The number of thiophene rings is 1. The van der Waals surface area contributed by atoms with Crippen molar-refractivity contribution in [3.05, 3.63) is 97.1 Å². The van der Waals surface area contributed by atoms with Crippen LogP contribution in [0.5, 0.6) is 0 Å². The number of para-hydroxylation sites is 1. The van der Waals surface area contributed by atoms with Gasteiger partial charge in [-0.15, -0.1) is 11.3 Å². The molecule has 1 N–H and O–H groups in total. The van der Waals surface area contributed by atoms with Crippen molar-refractivity contribution in [3.8, 4) is 11.1 Å². The standard InChI is InChI=1S/C24H17NS/c1-2-8-19(9-3-1)25-20-10-6-7-17(15-20)18-13-14-22-21-11-4-5-12-23(21)26-24(22)16-18/h1-16,25H. The van der Waals surface area contributed by atoms with E-state index in [4.69, 9.17) is 0 Å². The van der Waals surface area contributed by atoms with Crippen molar-refractivity contribution in [1.29, 1.82) is 0 Å². The normalized spacial score (nSPS) is 11.1. The first-order valence-electron chi connectivity index (χ1n) is 8.71. The zero-order valence-electron chi connectivity index (χ0n) is 14.1. The molecule has 0 spiro atoms. The quantitative estimate of drug-likeness (QED) is 0.355. The van der Waals surface area contributed by atoms with Crippen LogP contribution in [0.3, 0.4) is 0 Å². The topological polar surface area (TPSA) is 12.0 Å². The van der Waals surface area contributed by atoms with E-state index in [0.717, 1.165) is 11.4 Å². The summed E-state index contributed by atoms with van der Waals surface area (Å²) >= 11 is 1.86. The van der Waals surface area contributed by atoms with Gasteiger partial charge in [-0.1, -0.05) is 60.7 Å². The highest BCUT2D eigenvalue weighted by Crippen LogP contribution is 2.36. The summed E-state index contributed by atoms with van der Waals surface area (Å²) in [6.45, 7) is 0. The molecule has 0 aliphatic carbocycles. The zero-order chi connectivity index (χ0) is 17.3. The predicted molar refractivity (Wildman–Crippen MR) is 114 cm³/mol. The van der Waals surface area contributed by atoms with Gasteiger partial charge in [0.1, 0.15) is 0 Å². The Hall–Kier alpha value is -3.10. The van der Waals surface area contributed by atoms with E-state index in [9.17, 15) is 0 Å². The van der Waals surface area contributed by atoms with Gasteiger partial charge in [-0.25, -0.2) is 0 Å². The monoisotopic (exact) mass is 351 g/mol. The smallest absolute Gasteiger partial charge is 0.0390 e. The molecule has 2 heteroatoms. The molecule has 4 aromatic carbocycles. The van der Waals surface area contributed by atoms with Crippen LogP contribution in [-0.2, 0) is 0 Å². The number of hydrogen-bond acceptors (Lipinski definition) is 2. The summed E-state index contributed by atoms with van der Waals surface area (Å²) in [7, 11) is 0. The van der Waals surface area contributed by atoms with Gasteiger partial charge in [-0.05, 0) is 47.5 Å². The first-order valence-corrected chi connectivity index (χ1v) is 9.52. The van der Waals surface area contributed by atoms with Gasteiger partial charge in [0, 0.05) is 31.5 Å². The molecule has 0 saturated heterocycles. The lowest BCUT2D eigenvalue weighted by Gasteiger charge is -2.09. The van der Waals surface area contributed by atoms with Crippen molar-refractivity contribution in [2.45, 2.75) is 0 Å². The molecule has 26 heavy (non-hydrogen) atoms. The third kappa shape index (κ3) is 2.75. The van der Waals surface area contributed by atoms with Gasteiger partial charge in [-0.3, -0.25) is 0 Å². The first kappa shape index (κ1) is 15.2. The van der Waals surface area contributed by atoms with Gasteiger partial charge < -0.3 is 5.32 Å². The largest absolute Gasteiger partial charge is 0.356 e. The Morgan fingerprint density at radius 1 is 0.500 bits per heavy atom. The summed E-state index contributed by atoms with van der Waals surface area (Å²) in [5, 5.41) is 6.16. The van der Waals surface area contributed by atoms with E-state index in [2.05, 4.69) is 84.2 Å². The minimum absolute atomic E-state index is 1.10. The van der Waals surface area contributed by atoms with E-state index in [-0.39, 0.29) is 0 Å². The Morgan fingerprint density at radius 2 is 1.23 bits per heavy atom. The lowest BCUT2D eigenvalue weighted by Crippen LogP contribution is -1.89. The van der Waals surface area contributed by atoms with Crippen LogP contribution in [0.1, 0.15) is 0 Å². The number of fused-ring (bicyclic) bond motifs is 3. The van der Waals surface area contributed by atoms with Crippen LogP contribution in [0, 0.1) is 0 Å². The highest BCUT2D eigenvalue weighted by molar-refractivity contribution is 7.25. The fourth-order valence-electron chi connectivity index (χ4n) is 3.37. The molecule has 0 fully saturated rings. The number of nitrogens with one attached hydrogen (secondary N) is 1.